The predicted octanol–water partition coefficient (Wildman–Crippen LogP) is 7.16. The number of aryl methyl sites for hydroxylation is 2. The molecule has 32 heavy (non-hydrogen) atoms. The number of pyridine rings is 3. The van der Waals surface area contributed by atoms with Crippen LogP contribution in [0.3, 0.4) is 0 Å². The van der Waals surface area contributed by atoms with Gasteiger partial charge in [-0.05, 0) is 61.4 Å². The molecule has 5 aromatic rings. The minimum Gasteiger partial charge on any atom is -0.246 e. The van der Waals surface area contributed by atoms with Gasteiger partial charge in [0.1, 0.15) is 0 Å². The van der Waals surface area contributed by atoms with Gasteiger partial charge in [-0.25, -0.2) is 15.0 Å². The molecule has 2 aromatic carbocycles. The summed E-state index contributed by atoms with van der Waals surface area (Å²) in [5, 5.41) is 0. The van der Waals surface area contributed by atoms with Gasteiger partial charge in [-0.3, -0.25) is 0 Å². The third kappa shape index (κ3) is 3.93. The zero-order chi connectivity index (χ0) is 21.9. The Hall–Kier alpha value is -4.11. The van der Waals surface area contributed by atoms with Crippen LogP contribution in [0, 0.1) is 13.8 Å². The summed E-state index contributed by atoms with van der Waals surface area (Å²) in [7, 11) is 0. The van der Waals surface area contributed by atoms with E-state index in [2.05, 4.69) is 38.1 Å². The number of benzene rings is 2. The first-order valence-corrected chi connectivity index (χ1v) is 10.7. The van der Waals surface area contributed by atoms with Crippen molar-refractivity contribution < 1.29 is 0 Å². The van der Waals surface area contributed by atoms with Gasteiger partial charge < -0.3 is 0 Å². The second-order valence-corrected chi connectivity index (χ2v) is 7.85. The van der Waals surface area contributed by atoms with E-state index in [9.17, 15) is 0 Å². The van der Waals surface area contributed by atoms with Gasteiger partial charge in [0.15, 0.2) is 0 Å². The molecule has 3 heteroatoms. The molecule has 0 fully saturated rings. The Bertz CT molecular complexity index is 1300. The molecule has 0 unspecified atom stereocenters. The van der Waals surface area contributed by atoms with Crippen LogP contribution >= 0.6 is 0 Å². The molecule has 154 valence electrons. The normalized spacial score (nSPS) is 10.8. The number of nitrogens with zero attached hydrogens (tertiary/aromatic N) is 3. The molecule has 0 N–H and O–H groups in total. The highest BCUT2D eigenvalue weighted by molar-refractivity contribution is 5.70. The lowest BCUT2D eigenvalue weighted by atomic mass is 10.0. The highest BCUT2D eigenvalue weighted by Gasteiger charge is 2.10. The van der Waals surface area contributed by atoms with Crippen LogP contribution in [-0.2, 0) is 0 Å². The monoisotopic (exact) mass is 413 g/mol. The third-order valence-corrected chi connectivity index (χ3v) is 5.61. The van der Waals surface area contributed by atoms with Crippen LogP contribution in [0.1, 0.15) is 11.1 Å². The highest BCUT2D eigenvalue weighted by atomic mass is 14.8. The van der Waals surface area contributed by atoms with E-state index in [0.717, 1.165) is 45.3 Å². The summed E-state index contributed by atoms with van der Waals surface area (Å²) in [6, 6.07) is 34.8. The van der Waals surface area contributed by atoms with Crippen molar-refractivity contribution in [3.63, 3.8) is 0 Å². The van der Waals surface area contributed by atoms with Crippen LogP contribution in [0.2, 0.25) is 0 Å². The molecule has 0 amide bonds. The van der Waals surface area contributed by atoms with Crippen LogP contribution in [0.5, 0.6) is 0 Å². The average molecular weight is 414 g/mol. The maximum Gasteiger partial charge on any atom is 0.0894 e. The van der Waals surface area contributed by atoms with Gasteiger partial charge in [-0.15, -0.1) is 0 Å². The van der Waals surface area contributed by atoms with Crippen molar-refractivity contribution in [2.45, 2.75) is 13.8 Å². The van der Waals surface area contributed by atoms with Crippen molar-refractivity contribution in [2.75, 3.05) is 0 Å². The quantitative estimate of drug-likeness (QED) is 0.314. The summed E-state index contributed by atoms with van der Waals surface area (Å²) in [5.74, 6) is 0. The second kappa shape index (κ2) is 8.56. The number of rotatable bonds is 4. The number of hydrogen-bond acceptors (Lipinski definition) is 3. The van der Waals surface area contributed by atoms with Crippen molar-refractivity contribution >= 4 is 0 Å². The second-order valence-electron chi connectivity index (χ2n) is 7.85. The molecular weight excluding hydrogens is 390 g/mol. The van der Waals surface area contributed by atoms with Crippen LogP contribution < -0.4 is 0 Å². The van der Waals surface area contributed by atoms with E-state index in [1.165, 1.54) is 11.1 Å². The van der Waals surface area contributed by atoms with E-state index in [4.69, 9.17) is 15.0 Å². The lowest BCUT2D eigenvalue weighted by Gasteiger charge is -2.09. The molecule has 3 heterocycles. The Morgan fingerprint density at radius 3 is 1.03 bits per heavy atom. The molecule has 3 nitrogen and oxygen atoms in total. The first-order valence-electron chi connectivity index (χ1n) is 10.7. The Balaban J connectivity index is 1.53. The van der Waals surface area contributed by atoms with Gasteiger partial charge >= 0.3 is 0 Å². The molecule has 0 bridgehead atoms. The Morgan fingerprint density at radius 2 is 0.656 bits per heavy atom. The zero-order valence-corrected chi connectivity index (χ0v) is 18.2. The van der Waals surface area contributed by atoms with E-state index < -0.39 is 0 Å². The first-order chi connectivity index (χ1) is 15.7. The van der Waals surface area contributed by atoms with Crippen molar-refractivity contribution in [1.82, 2.24) is 15.0 Å². The van der Waals surface area contributed by atoms with E-state index in [-0.39, 0.29) is 0 Å². The molecule has 0 radical (unpaired) electrons. The highest BCUT2D eigenvalue weighted by Crippen LogP contribution is 2.27. The first kappa shape index (κ1) is 19.8. The fourth-order valence-corrected chi connectivity index (χ4v) is 3.90. The molecule has 0 spiro atoms. The smallest absolute Gasteiger partial charge is 0.0894 e. The van der Waals surface area contributed by atoms with Crippen LogP contribution in [0.25, 0.3) is 45.3 Å². The average Bonchev–Trinajstić information content (AvgIpc) is 2.85. The van der Waals surface area contributed by atoms with Gasteiger partial charge in [0.2, 0.25) is 0 Å². The van der Waals surface area contributed by atoms with Crippen LogP contribution in [0.15, 0.2) is 103 Å². The maximum absolute atomic E-state index is 4.90. The molecule has 3 aromatic heterocycles. The fraction of sp³-hybridized carbons (Fsp3) is 0.0690. The minimum absolute atomic E-state index is 0.834. The number of aromatic nitrogens is 3. The molecule has 0 aliphatic heterocycles. The fourth-order valence-electron chi connectivity index (χ4n) is 3.90. The van der Waals surface area contributed by atoms with Crippen molar-refractivity contribution in [2.24, 2.45) is 0 Å². The Kier molecular flexibility index (Phi) is 5.30. The molecular formula is C29H23N3. The van der Waals surface area contributed by atoms with E-state index in [1.807, 2.05) is 78.9 Å². The van der Waals surface area contributed by atoms with Gasteiger partial charge in [-0.1, -0.05) is 66.7 Å². The Labute approximate surface area is 188 Å². The third-order valence-electron chi connectivity index (χ3n) is 5.61. The van der Waals surface area contributed by atoms with Crippen molar-refractivity contribution in [1.29, 1.82) is 0 Å². The molecule has 0 saturated carbocycles. The van der Waals surface area contributed by atoms with Gasteiger partial charge in [-0.2, -0.15) is 0 Å². The predicted molar refractivity (Wildman–Crippen MR) is 131 cm³/mol. The summed E-state index contributed by atoms with van der Waals surface area (Å²) in [4.78, 5) is 14.7. The maximum atomic E-state index is 4.90. The van der Waals surface area contributed by atoms with E-state index >= 15 is 0 Å². The molecule has 5 rings (SSSR count). The molecule has 0 saturated heterocycles. The molecule has 0 atom stereocenters. The topological polar surface area (TPSA) is 38.7 Å². The summed E-state index contributed by atoms with van der Waals surface area (Å²) in [5.41, 5.74) is 9.95. The largest absolute Gasteiger partial charge is 0.246 e. The van der Waals surface area contributed by atoms with Crippen LogP contribution in [-0.4, -0.2) is 15.0 Å². The Morgan fingerprint density at radius 1 is 0.344 bits per heavy atom. The number of hydrogen-bond donors (Lipinski definition) is 0. The summed E-state index contributed by atoms with van der Waals surface area (Å²) in [6.07, 6.45) is 0. The summed E-state index contributed by atoms with van der Waals surface area (Å²) >= 11 is 0. The lowest BCUT2D eigenvalue weighted by Crippen LogP contribution is -1.95. The minimum atomic E-state index is 0.834. The lowest BCUT2D eigenvalue weighted by molar-refractivity contribution is 1.22. The van der Waals surface area contributed by atoms with Crippen LogP contribution in [0.4, 0.5) is 0 Å². The molecule has 0 aliphatic carbocycles. The molecule has 0 aliphatic rings. The van der Waals surface area contributed by atoms with Crippen molar-refractivity contribution in [3.8, 4) is 45.3 Å². The van der Waals surface area contributed by atoms with Gasteiger partial charge in [0.25, 0.3) is 0 Å². The zero-order valence-electron chi connectivity index (χ0n) is 18.2. The van der Waals surface area contributed by atoms with Gasteiger partial charge in [0, 0.05) is 11.1 Å². The van der Waals surface area contributed by atoms with E-state index in [0.29, 0.717) is 0 Å². The standard InChI is InChI=1S/C29H23N3/c1-20-10-3-5-12-22(20)24-14-7-16-26(30-24)28-18-9-19-29(32-28)27-17-8-15-25(31-27)23-13-6-4-11-21(23)2/h3-19H,1-2H3. The van der Waals surface area contributed by atoms with Gasteiger partial charge in [0.05, 0.1) is 34.2 Å². The van der Waals surface area contributed by atoms with Crippen molar-refractivity contribution in [3.05, 3.63) is 114 Å². The SMILES string of the molecule is Cc1ccccc1-c1cccc(-c2cccc(-c3cccc(-c4ccccc4C)n3)n2)n1. The summed E-state index contributed by atoms with van der Waals surface area (Å²) in [6.45, 7) is 4.21. The van der Waals surface area contributed by atoms with E-state index in [1.54, 1.807) is 0 Å². The summed E-state index contributed by atoms with van der Waals surface area (Å²) < 4.78 is 0.